The van der Waals surface area contributed by atoms with E-state index in [1.165, 1.54) is 0 Å². The first-order chi connectivity index (χ1) is 8.68. The van der Waals surface area contributed by atoms with Crippen LogP contribution in [-0.2, 0) is 19.1 Å². The minimum Gasteiger partial charge on any atom is -0.377 e. The van der Waals surface area contributed by atoms with E-state index in [4.69, 9.17) is 9.47 Å². The number of amides is 2. The van der Waals surface area contributed by atoms with E-state index in [9.17, 15) is 9.59 Å². The van der Waals surface area contributed by atoms with Gasteiger partial charge in [0.05, 0.1) is 19.8 Å². The summed E-state index contributed by atoms with van der Waals surface area (Å²) in [5, 5.41) is 2.82. The van der Waals surface area contributed by atoms with Crippen LogP contribution in [0, 0.1) is 0 Å². The second kappa shape index (κ2) is 5.90. The van der Waals surface area contributed by atoms with E-state index in [1.807, 2.05) is 0 Å². The van der Waals surface area contributed by atoms with Crippen LogP contribution < -0.4 is 5.32 Å². The Morgan fingerprint density at radius 2 is 2.22 bits per heavy atom. The lowest BCUT2D eigenvalue weighted by molar-refractivity contribution is -0.176. The van der Waals surface area contributed by atoms with Gasteiger partial charge < -0.3 is 19.7 Å². The second-order valence-corrected chi connectivity index (χ2v) is 5.01. The number of morpholine rings is 2. The van der Waals surface area contributed by atoms with Crippen molar-refractivity contribution in [2.75, 3.05) is 45.3 Å². The fraction of sp³-hybridized carbons (Fsp3) is 0.818. The normalized spacial score (nSPS) is 27.8. The van der Waals surface area contributed by atoms with Crippen molar-refractivity contribution in [2.45, 2.75) is 12.0 Å². The van der Waals surface area contributed by atoms with Gasteiger partial charge in [0.2, 0.25) is 11.8 Å². The van der Waals surface area contributed by atoms with Crippen molar-refractivity contribution < 1.29 is 19.1 Å². The summed E-state index contributed by atoms with van der Waals surface area (Å²) in [5.74, 6) is 0.407. The minimum atomic E-state index is -0.542. The van der Waals surface area contributed by atoms with Gasteiger partial charge in [-0.1, -0.05) is 0 Å². The molecule has 102 valence electrons. The third kappa shape index (κ3) is 2.78. The predicted molar refractivity (Wildman–Crippen MR) is 67.6 cm³/mol. The van der Waals surface area contributed by atoms with Crippen LogP contribution in [0.15, 0.2) is 0 Å². The highest BCUT2D eigenvalue weighted by Gasteiger charge is 2.45. The van der Waals surface area contributed by atoms with Crippen LogP contribution >= 0.6 is 12.6 Å². The van der Waals surface area contributed by atoms with Crippen LogP contribution in [0.3, 0.4) is 0 Å². The highest BCUT2D eigenvalue weighted by atomic mass is 32.1. The second-order valence-electron chi connectivity index (χ2n) is 4.57. The molecule has 0 aliphatic carbocycles. The minimum absolute atomic E-state index is 0.0343. The summed E-state index contributed by atoms with van der Waals surface area (Å²) in [6, 6.07) is 0. The number of rotatable bonds is 4. The van der Waals surface area contributed by atoms with Gasteiger partial charge in [-0.25, -0.2) is 0 Å². The lowest BCUT2D eigenvalue weighted by Gasteiger charge is -2.49. The number of fused-ring (bicyclic) bond motifs is 1. The number of hydrogen-bond acceptors (Lipinski definition) is 5. The molecule has 1 unspecified atom stereocenters. The van der Waals surface area contributed by atoms with Crippen molar-refractivity contribution in [1.82, 2.24) is 10.2 Å². The van der Waals surface area contributed by atoms with E-state index in [0.717, 1.165) is 0 Å². The number of carbonyl (C=O) groups is 2. The number of nitrogens with zero attached hydrogens (tertiary/aromatic N) is 1. The molecular weight excluding hydrogens is 256 g/mol. The van der Waals surface area contributed by atoms with E-state index in [2.05, 4.69) is 17.9 Å². The summed E-state index contributed by atoms with van der Waals surface area (Å²) in [6.45, 7) is 2.39. The Balaban J connectivity index is 2.00. The zero-order valence-electron chi connectivity index (χ0n) is 10.2. The average molecular weight is 274 g/mol. The van der Waals surface area contributed by atoms with E-state index < -0.39 is 5.54 Å². The first-order valence-electron chi connectivity index (χ1n) is 6.01. The van der Waals surface area contributed by atoms with Crippen LogP contribution in [0.4, 0.5) is 0 Å². The molecule has 0 aromatic rings. The van der Waals surface area contributed by atoms with Crippen LogP contribution in [0.2, 0.25) is 0 Å². The number of hydrogen-bond donors (Lipinski definition) is 2. The molecule has 2 heterocycles. The summed E-state index contributed by atoms with van der Waals surface area (Å²) in [6.07, 6.45) is 0.370. The molecule has 0 aromatic heterocycles. The maximum absolute atomic E-state index is 11.8. The smallest absolute Gasteiger partial charge is 0.249 e. The fourth-order valence-corrected chi connectivity index (χ4v) is 2.50. The van der Waals surface area contributed by atoms with Gasteiger partial charge in [0.1, 0.15) is 12.1 Å². The summed E-state index contributed by atoms with van der Waals surface area (Å²) >= 11 is 4.01. The summed E-state index contributed by atoms with van der Waals surface area (Å²) in [5.41, 5.74) is -0.542. The van der Waals surface area contributed by atoms with Crippen LogP contribution in [0.1, 0.15) is 6.42 Å². The Morgan fingerprint density at radius 3 is 3.00 bits per heavy atom. The van der Waals surface area contributed by atoms with Crippen molar-refractivity contribution in [3.63, 3.8) is 0 Å². The van der Waals surface area contributed by atoms with Crippen molar-refractivity contribution >= 4 is 24.4 Å². The van der Waals surface area contributed by atoms with Crippen molar-refractivity contribution in [2.24, 2.45) is 0 Å². The zero-order valence-corrected chi connectivity index (χ0v) is 11.1. The van der Waals surface area contributed by atoms with Crippen molar-refractivity contribution in [1.29, 1.82) is 0 Å². The number of ether oxygens (including phenoxy) is 2. The molecule has 18 heavy (non-hydrogen) atoms. The Morgan fingerprint density at radius 1 is 1.44 bits per heavy atom. The van der Waals surface area contributed by atoms with Gasteiger partial charge in [-0.15, -0.1) is 0 Å². The summed E-state index contributed by atoms with van der Waals surface area (Å²) in [4.78, 5) is 25.1. The molecule has 2 amide bonds. The third-order valence-corrected chi connectivity index (χ3v) is 3.48. The Hall–Kier alpha value is -0.790. The van der Waals surface area contributed by atoms with Crippen molar-refractivity contribution in [3.8, 4) is 0 Å². The standard InChI is InChI=1S/C11H18N2O4S/c14-9(1-4-18)12-6-11-7-16-3-2-13(11)10(15)5-17-8-11/h18H,1-8H2,(H,12,14). The Labute approximate surface area is 111 Å². The average Bonchev–Trinajstić information content (AvgIpc) is 2.37. The quantitative estimate of drug-likeness (QED) is 0.649. The molecule has 0 bridgehead atoms. The molecule has 0 saturated carbocycles. The monoisotopic (exact) mass is 274 g/mol. The first kappa shape index (κ1) is 13.6. The lowest BCUT2D eigenvalue weighted by Crippen LogP contribution is -2.69. The molecule has 2 aliphatic rings. The van der Waals surface area contributed by atoms with Crippen LogP contribution in [0.5, 0.6) is 0 Å². The van der Waals surface area contributed by atoms with Gasteiger partial charge in [0.15, 0.2) is 0 Å². The van der Waals surface area contributed by atoms with E-state index in [1.54, 1.807) is 4.90 Å². The van der Waals surface area contributed by atoms with Gasteiger partial charge in [0, 0.05) is 19.5 Å². The molecule has 1 N–H and O–H groups in total. The number of thiol groups is 1. The number of carbonyl (C=O) groups excluding carboxylic acids is 2. The molecule has 2 saturated heterocycles. The SMILES string of the molecule is O=C(CCS)NCC12COCCN1C(=O)COC2. The Bertz CT molecular complexity index is 335. The van der Waals surface area contributed by atoms with Gasteiger partial charge in [-0.05, 0) is 5.75 Å². The van der Waals surface area contributed by atoms with Gasteiger partial charge in [-0.3, -0.25) is 9.59 Å². The fourth-order valence-electron chi connectivity index (χ4n) is 2.30. The first-order valence-corrected chi connectivity index (χ1v) is 6.65. The van der Waals surface area contributed by atoms with Gasteiger partial charge in [-0.2, -0.15) is 12.6 Å². The molecule has 6 nitrogen and oxygen atoms in total. The highest BCUT2D eigenvalue weighted by Crippen LogP contribution is 2.24. The molecule has 2 rings (SSSR count). The molecule has 0 spiro atoms. The largest absolute Gasteiger partial charge is 0.377 e. The molecule has 1 atom stereocenters. The Kier molecular flexibility index (Phi) is 4.47. The van der Waals surface area contributed by atoms with Gasteiger partial charge in [0.25, 0.3) is 0 Å². The molecule has 2 aliphatic heterocycles. The molecular formula is C11H18N2O4S. The lowest BCUT2D eigenvalue weighted by atomic mass is 9.96. The van der Waals surface area contributed by atoms with E-state index in [0.29, 0.717) is 45.1 Å². The highest BCUT2D eigenvalue weighted by molar-refractivity contribution is 7.80. The molecule has 0 radical (unpaired) electrons. The number of nitrogens with one attached hydrogen (secondary N) is 1. The topological polar surface area (TPSA) is 67.9 Å². The predicted octanol–water partition coefficient (Wildman–Crippen LogP) is -0.950. The van der Waals surface area contributed by atoms with Crippen molar-refractivity contribution in [3.05, 3.63) is 0 Å². The summed E-state index contributed by atoms with van der Waals surface area (Å²) in [7, 11) is 0. The van der Waals surface area contributed by atoms with Gasteiger partial charge >= 0.3 is 0 Å². The molecule has 2 fully saturated rings. The summed E-state index contributed by atoms with van der Waals surface area (Å²) < 4.78 is 10.8. The third-order valence-electron chi connectivity index (χ3n) is 3.25. The van der Waals surface area contributed by atoms with Crippen LogP contribution in [0.25, 0.3) is 0 Å². The zero-order chi connectivity index (χ0) is 13.0. The van der Waals surface area contributed by atoms with E-state index in [-0.39, 0.29) is 18.4 Å². The molecule has 0 aromatic carbocycles. The van der Waals surface area contributed by atoms with E-state index >= 15 is 0 Å². The van der Waals surface area contributed by atoms with Crippen LogP contribution in [-0.4, -0.2) is 67.5 Å². The maximum atomic E-state index is 11.8. The molecule has 7 heteroatoms. The maximum Gasteiger partial charge on any atom is 0.249 e.